The minimum atomic E-state index is 0.131. The molecule has 106 valence electrons. The standard InChI is InChI=1S/C16H25NO2/c1-11-6-4-5-7-16(11)17(3)12(2)13-8-14(18)10-15(19)9-13/h8-12,16,18-19H,4-7H2,1-3H3. The summed E-state index contributed by atoms with van der Waals surface area (Å²) in [5.41, 5.74) is 0.970. The van der Waals surface area contributed by atoms with Gasteiger partial charge in [-0.05, 0) is 50.4 Å². The van der Waals surface area contributed by atoms with Crippen molar-refractivity contribution in [1.29, 1.82) is 0 Å². The molecule has 3 unspecified atom stereocenters. The Labute approximate surface area is 115 Å². The Morgan fingerprint density at radius 2 is 1.68 bits per heavy atom. The highest BCUT2D eigenvalue weighted by Gasteiger charge is 2.28. The molecule has 0 radical (unpaired) electrons. The smallest absolute Gasteiger partial charge is 0.119 e. The van der Waals surface area contributed by atoms with E-state index in [-0.39, 0.29) is 17.5 Å². The Balaban J connectivity index is 2.15. The molecular formula is C16H25NO2. The van der Waals surface area contributed by atoms with Gasteiger partial charge >= 0.3 is 0 Å². The molecule has 1 saturated carbocycles. The van der Waals surface area contributed by atoms with Crippen molar-refractivity contribution in [3.63, 3.8) is 0 Å². The molecule has 19 heavy (non-hydrogen) atoms. The topological polar surface area (TPSA) is 43.7 Å². The molecule has 0 amide bonds. The second-order valence-corrected chi connectivity index (χ2v) is 5.95. The van der Waals surface area contributed by atoms with Gasteiger partial charge in [-0.3, -0.25) is 4.90 Å². The molecule has 0 bridgehead atoms. The van der Waals surface area contributed by atoms with Gasteiger partial charge in [0.2, 0.25) is 0 Å². The fraction of sp³-hybridized carbons (Fsp3) is 0.625. The zero-order valence-electron chi connectivity index (χ0n) is 12.1. The van der Waals surface area contributed by atoms with Crippen LogP contribution in [-0.4, -0.2) is 28.2 Å². The summed E-state index contributed by atoms with van der Waals surface area (Å²) < 4.78 is 0. The lowest BCUT2D eigenvalue weighted by Gasteiger charge is -2.39. The van der Waals surface area contributed by atoms with Crippen LogP contribution in [-0.2, 0) is 0 Å². The van der Waals surface area contributed by atoms with Gasteiger partial charge in [0.25, 0.3) is 0 Å². The highest BCUT2D eigenvalue weighted by Crippen LogP contribution is 2.34. The Morgan fingerprint density at radius 1 is 1.11 bits per heavy atom. The van der Waals surface area contributed by atoms with Crippen molar-refractivity contribution in [1.82, 2.24) is 4.90 Å². The minimum absolute atomic E-state index is 0.131. The lowest BCUT2D eigenvalue weighted by Crippen LogP contribution is -2.40. The SMILES string of the molecule is CC1CCCCC1N(C)C(C)c1cc(O)cc(O)c1. The van der Waals surface area contributed by atoms with Gasteiger partial charge < -0.3 is 10.2 Å². The summed E-state index contributed by atoms with van der Waals surface area (Å²) in [5.74, 6) is 0.978. The summed E-state index contributed by atoms with van der Waals surface area (Å²) in [6.45, 7) is 4.46. The third-order valence-corrected chi connectivity index (χ3v) is 4.61. The van der Waals surface area contributed by atoms with Crippen molar-refractivity contribution in [2.24, 2.45) is 5.92 Å². The van der Waals surface area contributed by atoms with Crippen LogP contribution in [0.3, 0.4) is 0 Å². The first kappa shape index (κ1) is 14.2. The van der Waals surface area contributed by atoms with E-state index in [1.54, 1.807) is 12.1 Å². The van der Waals surface area contributed by atoms with Gasteiger partial charge in [0.15, 0.2) is 0 Å². The van der Waals surface area contributed by atoms with E-state index < -0.39 is 0 Å². The highest BCUT2D eigenvalue weighted by molar-refractivity contribution is 5.38. The maximum absolute atomic E-state index is 9.61. The molecule has 0 aliphatic heterocycles. The van der Waals surface area contributed by atoms with Crippen LogP contribution < -0.4 is 0 Å². The van der Waals surface area contributed by atoms with Gasteiger partial charge in [0.05, 0.1) is 0 Å². The van der Waals surface area contributed by atoms with Crippen molar-refractivity contribution in [2.45, 2.75) is 51.6 Å². The third kappa shape index (κ3) is 3.21. The first-order chi connectivity index (χ1) is 8.99. The van der Waals surface area contributed by atoms with Crippen LogP contribution in [0.2, 0.25) is 0 Å². The zero-order chi connectivity index (χ0) is 14.0. The number of phenols is 2. The van der Waals surface area contributed by atoms with Crippen molar-refractivity contribution in [3.8, 4) is 11.5 Å². The maximum atomic E-state index is 9.61. The molecule has 1 aromatic carbocycles. The predicted molar refractivity (Wildman–Crippen MR) is 77.4 cm³/mol. The molecule has 1 aromatic rings. The second kappa shape index (κ2) is 5.83. The summed E-state index contributed by atoms with van der Waals surface area (Å²) in [4.78, 5) is 2.39. The average Bonchev–Trinajstić information content (AvgIpc) is 2.36. The monoisotopic (exact) mass is 263 g/mol. The van der Waals surface area contributed by atoms with E-state index in [0.717, 1.165) is 5.56 Å². The number of nitrogens with zero attached hydrogens (tertiary/aromatic N) is 1. The first-order valence-corrected chi connectivity index (χ1v) is 7.24. The van der Waals surface area contributed by atoms with Crippen LogP contribution >= 0.6 is 0 Å². The largest absolute Gasteiger partial charge is 0.508 e. The minimum Gasteiger partial charge on any atom is -0.508 e. The molecule has 0 aromatic heterocycles. The van der Waals surface area contributed by atoms with E-state index in [1.165, 1.54) is 31.7 Å². The van der Waals surface area contributed by atoms with Gasteiger partial charge in [-0.25, -0.2) is 0 Å². The van der Waals surface area contributed by atoms with E-state index in [1.807, 2.05) is 0 Å². The molecule has 0 spiro atoms. The average molecular weight is 263 g/mol. The number of rotatable bonds is 3. The molecule has 2 N–H and O–H groups in total. The Morgan fingerprint density at radius 3 is 2.26 bits per heavy atom. The number of hydrogen-bond donors (Lipinski definition) is 2. The van der Waals surface area contributed by atoms with Gasteiger partial charge in [-0.15, -0.1) is 0 Å². The van der Waals surface area contributed by atoms with Crippen LogP contribution in [0, 0.1) is 5.92 Å². The summed E-state index contributed by atoms with van der Waals surface area (Å²) in [7, 11) is 2.15. The molecule has 3 nitrogen and oxygen atoms in total. The summed E-state index contributed by atoms with van der Waals surface area (Å²) in [6, 6.07) is 5.65. The number of benzene rings is 1. The van der Waals surface area contributed by atoms with Crippen molar-refractivity contribution in [3.05, 3.63) is 23.8 Å². The van der Waals surface area contributed by atoms with E-state index in [2.05, 4.69) is 25.8 Å². The normalized spacial score (nSPS) is 25.5. The summed E-state index contributed by atoms with van der Waals surface area (Å²) in [5, 5.41) is 19.2. The summed E-state index contributed by atoms with van der Waals surface area (Å²) >= 11 is 0. The Kier molecular flexibility index (Phi) is 4.35. The van der Waals surface area contributed by atoms with Gasteiger partial charge in [-0.2, -0.15) is 0 Å². The molecule has 1 aliphatic rings. The third-order valence-electron chi connectivity index (χ3n) is 4.61. The molecule has 3 heteroatoms. The fourth-order valence-electron chi connectivity index (χ4n) is 3.28. The number of aromatic hydroxyl groups is 2. The molecule has 2 rings (SSSR count). The van der Waals surface area contributed by atoms with E-state index in [0.29, 0.717) is 12.0 Å². The van der Waals surface area contributed by atoms with Gasteiger partial charge in [-0.1, -0.05) is 19.8 Å². The van der Waals surface area contributed by atoms with E-state index >= 15 is 0 Å². The number of phenolic OH excluding ortho intramolecular Hbond substituents is 2. The molecule has 3 atom stereocenters. The van der Waals surface area contributed by atoms with E-state index in [4.69, 9.17) is 0 Å². The van der Waals surface area contributed by atoms with Crippen molar-refractivity contribution < 1.29 is 10.2 Å². The number of hydrogen-bond acceptors (Lipinski definition) is 3. The van der Waals surface area contributed by atoms with E-state index in [9.17, 15) is 10.2 Å². The first-order valence-electron chi connectivity index (χ1n) is 7.24. The molecule has 0 heterocycles. The van der Waals surface area contributed by atoms with Crippen molar-refractivity contribution in [2.75, 3.05) is 7.05 Å². The molecular weight excluding hydrogens is 238 g/mol. The molecule has 1 aliphatic carbocycles. The highest BCUT2D eigenvalue weighted by atomic mass is 16.3. The summed E-state index contributed by atoms with van der Waals surface area (Å²) in [6.07, 6.45) is 5.18. The molecule has 0 saturated heterocycles. The van der Waals surface area contributed by atoms with Crippen LogP contribution in [0.4, 0.5) is 0 Å². The zero-order valence-corrected chi connectivity index (χ0v) is 12.1. The molecule has 1 fully saturated rings. The Hall–Kier alpha value is -1.22. The Bertz CT molecular complexity index is 413. The van der Waals surface area contributed by atoms with Crippen LogP contribution in [0.15, 0.2) is 18.2 Å². The maximum Gasteiger partial charge on any atom is 0.119 e. The second-order valence-electron chi connectivity index (χ2n) is 5.95. The van der Waals surface area contributed by atoms with Gasteiger partial charge in [0.1, 0.15) is 11.5 Å². The lowest BCUT2D eigenvalue weighted by atomic mass is 9.84. The fourth-order valence-corrected chi connectivity index (χ4v) is 3.28. The lowest BCUT2D eigenvalue weighted by molar-refractivity contribution is 0.103. The van der Waals surface area contributed by atoms with Crippen molar-refractivity contribution >= 4 is 0 Å². The van der Waals surface area contributed by atoms with Crippen LogP contribution in [0.1, 0.15) is 51.1 Å². The van der Waals surface area contributed by atoms with Crippen LogP contribution in [0.25, 0.3) is 0 Å². The van der Waals surface area contributed by atoms with Crippen LogP contribution in [0.5, 0.6) is 11.5 Å². The van der Waals surface area contributed by atoms with Gasteiger partial charge in [0, 0.05) is 18.2 Å². The predicted octanol–water partition coefficient (Wildman–Crippen LogP) is 3.67. The quantitative estimate of drug-likeness (QED) is 0.874.